The zero-order chi connectivity index (χ0) is 21.4. The summed E-state index contributed by atoms with van der Waals surface area (Å²) in [6.07, 6.45) is 1.40. The molecular formula is C21H16N4O5. The van der Waals surface area contributed by atoms with Gasteiger partial charge in [0.1, 0.15) is 5.57 Å². The molecule has 1 aromatic heterocycles. The van der Waals surface area contributed by atoms with E-state index in [0.717, 1.165) is 0 Å². The number of para-hydroxylation sites is 1. The fourth-order valence-electron chi connectivity index (χ4n) is 3.51. The summed E-state index contributed by atoms with van der Waals surface area (Å²) >= 11 is 0. The number of fused-ring (bicyclic) bond motifs is 1. The molecule has 1 amide bonds. The van der Waals surface area contributed by atoms with Crippen molar-refractivity contribution >= 4 is 34.7 Å². The Morgan fingerprint density at radius 1 is 1.07 bits per heavy atom. The summed E-state index contributed by atoms with van der Waals surface area (Å²) in [5, 5.41) is 16.2. The molecule has 1 aliphatic rings. The Bertz CT molecular complexity index is 1380. The van der Waals surface area contributed by atoms with Crippen LogP contribution in [0.15, 0.2) is 53.3 Å². The molecule has 4 rings (SSSR count). The van der Waals surface area contributed by atoms with Gasteiger partial charge in [-0.15, -0.1) is 0 Å². The predicted octanol–water partition coefficient (Wildman–Crippen LogP) is 0.840. The minimum absolute atomic E-state index is 0.0441. The fourth-order valence-corrected chi connectivity index (χ4v) is 3.51. The van der Waals surface area contributed by atoms with Crippen LogP contribution in [0, 0.1) is 10.1 Å². The predicted molar refractivity (Wildman–Crippen MR) is 110 cm³/mol. The number of H-pyrrole nitrogens is 2. The third kappa shape index (κ3) is 3.02. The van der Waals surface area contributed by atoms with E-state index in [9.17, 15) is 24.5 Å². The fraction of sp³-hybridized carbons (Fsp3) is 0.0952. The van der Waals surface area contributed by atoms with Crippen molar-refractivity contribution in [3.63, 3.8) is 0 Å². The summed E-state index contributed by atoms with van der Waals surface area (Å²) in [7, 11) is 0. The minimum atomic E-state index is -0.550. The Kier molecular flexibility index (Phi) is 4.63. The third-order valence-corrected chi connectivity index (χ3v) is 4.90. The molecule has 30 heavy (non-hydrogen) atoms. The summed E-state index contributed by atoms with van der Waals surface area (Å²) in [6, 6.07) is 12.5. The van der Waals surface area contributed by atoms with Crippen molar-refractivity contribution in [1.29, 1.82) is 0 Å². The number of nitro benzene ring substituents is 1. The van der Waals surface area contributed by atoms with Gasteiger partial charge < -0.3 is 4.90 Å². The van der Waals surface area contributed by atoms with Gasteiger partial charge in [0.25, 0.3) is 17.2 Å². The number of aromatic nitrogens is 2. The molecule has 0 bridgehead atoms. The molecule has 2 N–H and O–H groups in total. The molecule has 3 aromatic rings. The van der Waals surface area contributed by atoms with Gasteiger partial charge in [-0.05, 0) is 30.7 Å². The average molecular weight is 404 g/mol. The Morgan fingerprint density at radius 2 is 1.83 bits per heavy atom. The summed E-state index contributed by atoms with van der Waals surface area (Å²) in [5.74, 6) is -1.02. The van der Waals surface area contributed by atoms with Gasteiger partial charge in [-0.2, -0.15) is 0 Å². The van der Waals surface area contributed by atoms with Crippen LogP contribution in [0.3, 0.4) is 0 Å². The van der Waals surface area contributed by atoms with Gasteiger partial charge >= 0.3 is 0 Å². The van der Waals surface area contributed by atoms with E-state index in [-0.39, 0.29) is 21.8 Å². The first kappa shape index (κ1) is 19.1. The number of nitrogens with one attached hydrogen (secondary N) is 2. The van der Waals surface area contributed by atoms with Gasteiger partial charge in [0.2, 0.25) is 5.78 Å². The van der Waals surface area contributed by atoms with E-state index in [1.807, 2.05) is 0 Å². The maximum atomic E-state index is 13.1. The van der Waals surface area contributed by atoms with E-state index in [1.54, 1.807) is 37.3 Å². The highest BCUT2D eigenvalue weighted by Gasteiger charge is 2.35. The van der Waals surface area contributed by atoms with Gasteiger partial charge in [0, 0.05) is 24.2 Å². The number of anilines is 1. The van der Waals surface area contributed by atoms with Gasteiger partial charge in [-0.1, -0.05) is 24.3 Å². The van der Waals surface area contributed by atoms with Crippen molar-refractivity contribution in [2.75, 3.05) is 11.4 Å². The number of non-ortho nitro benzene ring substituents is 1. The summed E-state index contributed by atoms with van der Waals surface area (Å²) in [5.41, 5.74) is 0.413. The maximum absolute atomic E-state index is 13.1. The number of aromatic amines is 2. The number of amides is 1. The third-order valence-electron chi connectivity index (χ3n) is 4.90. The van der Waals surface area contributed by atoms with Crippen LogP contribution in [0.1, 0.15) is 22.8 Å². The number of Topliss-reactive ketones (excluding diaryl/α,β-unsaturated/α-hetero) is 1. The first-order chi connectivity index (χ1) is 14.4. The van der Waals surface area contributed by atoms with Crippen molar-refractivity contribution in [1.82, 2.24) is 10.2 Å². The molecule has 0 radical (unpaired) electrons. The molecule has 9 nitrogen and oxygen atoms in total. The topological polar surface area (TPSA) is 129 Å². The van der Waals surface area contributed by atoms with Gasteiger partial charge in [0.15, 0.2) is 0 Å². The lowest BCUT2D eigenvalue weighted by Gasteiger charge is -2.28. The lowest BCUT2D eigenvalue weighted by atomic mass is 9.94. The number of carbonyl (C=O) groups excluding carboxylic acids is 2. The Morgan fingerprint density at radius 3 is 2.57 bits per heavy atom. The summed E-state index contributed by atoms with van der Waals surface area (Å²) < 4.78 is 0. The highest BCUT2D eigenvalue weighted by Crippen LogP contribution is 2.29. The molecule has 2 aromatic carbocycles. The number of hydrogen-bond acceptors (Lipinski definition) is 5. The summed E-state index contributed by atoms with van der Waals surface area (Å²) in [6.45, 7) is 2.13. The molecule has 0 spiro atoms. The molecule has 9 heteroatoms. The standard InChI is InChI=1S/C21H16N4O5/c1-2-24-16-9-4-3-8-14(16)19(26)17(21(24)28)18-15(20(27)23-22-18)11-12-6-5-7-13(10-12)25(29)30/h3-11,22H,2H2,1H3,(H,23,27)/b15-11-,18-17+. The minimum Gasteiger partial charge on any atom is -0.308 e. The van der Waals surface area contributed by atoms with Crippen LogP contribution >= 0.6 is 0 Å². The first-order valence-corrected chi connectivity index (χ1v) is 9.15. The van der Waals surface area contributed by atoms with Crippen LogP contribution in [0.5, 0.6) is 0 Å². The summed E-state index contributed by atoms with van der Waals surface area (Å²) in [4.78, 5) is 50.6. The van der Waals surface area contributed by atoms with Crippen LogP contribution in [-0.2, 0) is 4.79 Å². The van der Waals surface area contributed by atoms with Crippen LogP contribution < -0.4 is 21.0 Å². The van der Waals surface area contributed by atoms with Crippen molar-refractivity contribution in [3.05, 3.63) is 90.7 Å². The van der Waals surface area contributed by atoms with Gasteiger partial charge in [-0.25, -0.2) is 0 Å². The number of nitrogens with zero attached hydrogens (tertiary/aromatic N) is 2. The quantitative estimate of drug-likeness (QED) is 0.494. The molecule has 150 valence electrons. The molecule has 2 heterocycles. The van der Waals surface area contributed by atoms with Crippen LogP contribution in [0.4, 0.5) is 11.4 Å². The molecule has 0 saturated heterocycles. The lowest BCUT2D eigenvalue weighted by Crippen LogP contribution is -2.45. The number of nitro groups is 1. The second-order valence-electron chi connectivity index (χ2n) is 6.63. The van der Waals surface area contributed by atoms with E-state index in [1.165, 1.54) is 29.2 Å². The largest absolute Gasteiger partial charge is 0.308 e. The SMILES string of the molecule is CCN1C(=O)/C(=c2/[nH][nH]c(=O)/c2=C\c2cccc([N+](=O)[O-])c2)C(=O)c2ccccc21. The number of ketones is 1. The highest BCUT2D eigenvalue weighted by atomic mass is 16.6. The maximum Gasteiger partial charge on any atom is 0.271 e. The number of carbonyl (C=O) groups is 2. The van der Waals surface area contributed by atoms with E-state index >= 15 is 0 Å². The van der Waals surface area contributed by atoms with Crippen molar-refractivity contribution in [2.24, 2.45) is 0 Å². The Labute approximate surface area is 169 Å². The Balaban J connectivity index is 2.02. The van der Waals surface area contributed by atoms with Gasteiger partial charge in [-0.3, -0.25) is 34.7 Å². The molecule has 0 atom stereocenters. The van der Waals surface area contributed by atoms with Gasteiger partial charge in [0.05, 0.1) is 21.2 Å². The van der Waals surface area contributed by atoms with Crippen molar-refractivity contribution in [2.45, 2.75) is 6.92 Å². The zero-order valence-corrected chi connectivity index (χ0v) is 15.8. The number of rotatable bonds is 3. The van der Waals surface area contributed by atoms with Crippen LogP contribution in [0.2, 0.25) is 0 Å². The molecule has 0 aliphatic carbocycles. The molecule has 0 fully saturated rings. The zero-order valence-electron chi connectivity index (χ0n) is 15.8. The average Bonchev–Trinajstić information content (AvgIpc) is 3.09. The lowest BCUT2D eigenvalue weighted by molar-refractivity contribution is -0.384. The van der Waals surface area contributed by atoms with E-state index < -0.39 is 22.2 Å². The van der Waals surface area contributed by atoms with E-state index in [0.29, 0.717) is 23.4 Å². The van der Waals surface area contributed by atoms with Crippen LogP contribution in [-0.4, -0.2) is 33.4 Å². The van der Waals surface area contributed by atoms with E-state index in [4.69, 9.17) is 0 Å². The monoisotopic (exact) mass is 404 g/mol. The smallest absolute Gasteiger partial charge is 0.271 e. The highest BCUT2D eigenvalue weighted by molar-refractivity contribution is 6.51. The number of hydrogen-bond donors (Lipinski definition) is 2. The second-order valence-corrected chi connectivity index (χ2v) is 6.63. The molecule has 0 unspecified atom stereocenters. The van der Waals surface area contributed by atoms with Crippen molar-refractivity contribution in [3.8, 4) is 0 Å². The molecule has 1 aliphatic heterocycles. The molecule has 0 saturated carbocycles. The first-order valence-electron chi connectivity index (χ1n) is 9.15. The Hall–Kier alpha value is -4.27. The number of benzene rings is 2. The normalized spacial score (nSPS) is 16.0. The van der Waals surface area contributed by atoms with Crippen LogP contribution in [0.25, 0.3) is 11.6 Å². The molecular weight excluding hydrogens is 388 g/mol. The van der Waals surface area contributed by atoms with E-state index in [2.05, 4.69) is 10.2 Å². The van der Waals surface area contributed by atoms with Crippen molar-refractivity contribution < 1.29 is 14.5 Å². The second kappa shape index (κ2) is 7.28.